The van der Waals surface area contributed by atoms with Gasteiger partial charge in [0.15, 0.2) is 5.17 Å². The number of carbonyl (C=O) groups excluding carboxylic acids is 1. The van der Waals surface area contributed by atoms with Crippen molar-refractivity contribution in [1.29, 1.82) is 0 Å². The number of ether oxygens (including phenoxy) is 1. The summed E-state index contributed by atoms with van der Waals surface area (Å²) in [6.45, 7) is 6.57. The number of thioether (sulfide) groups is 1. The van der Waals surface area contributed by atoms with E-state index in [4.69, 9.17) is 16.3 Å². The van der Waals surface area contributed by atoms with Crippen LogP contribution in [0.1, 0.15) is 23.6 Å². The molecular formula is C21H21ClN2O2S. The summed E-state index contributed by atoms with van der Waals surface area (Å²) in [6.07, 6.45) is 1.81. The van der Waals surface area contributed by atoms with Crippen molar-refractivity contribution in [2.45, 2.75) is 20.8 Å². The zero-order chi connectivity index (χ0) is 19.6. The maximum Gasteiger partial charge on any atom is 0.266 e. The number of carbonyl (C=O) groups is 1. The largest absolute Gasteiger partial charge is 0.493 e. The highest BCUT2D eigenvalue weighted by molar-refractivity contribution is 8.18. The Bertz CT molecular complexity index is 953. The zero-order valence-corrected chi connectivity index (χ0v) is 17.3. The molecule has 2 aromatic carbocycles. The molecular weight excluding hydrogens is 380 g/mol. The van der Waals surface area contributed by atoms with Gasteiger partial charge in [-0.1, -0.05) is 17.7 Å². The van der Waals surface area contributed by atoms with Crippen LogP contribution >= 0.6 is 23.4 Å². The highest BCUT2D eigenvalue weighted by Gasteiger charge is 2.30. The average molecular weight is 401 g/mol. The number of aliphatic imine (C=N–C) groups is 1. The number of hydrogen-bond donors (Lipinski definition) is 0. The Balaban J connectivity index is 1.94. The number of amides is 1. The van der Waals surface area contributed by atoms with E-state index in [9.17, 15) is 4.79 Å². The van der Waals surface area contributed by atoms with E-state index in [-0.39, 0.29) is 5.91 Å². The van der Waals surface area contributed by atoms with Crippen molar-refractivity contribution in [1.82, 2.24) is 4.90 Å². The van der Waals surface area contributed by atoms with Gasteiger partial charge in [-0.2, -0.15) is 0 Å². The lowest BCUT2D eigenvalue weighted by Gasteiger charge is -2.08. The fourth-order valence-corrected chi connectivity index (χ4v) is 3.78. The van der Waals surface area contributed by atoms with E-state index in [0.29, 0.717) is 27.5 Å². The van der Waals surface area contributed by atoms with Gasteiger partial charge in [0, 0.05) is 17.6 Å². The Kier molecular flexibility index (Phi) is 5.92. The lowest BCUT2D eigenvalue weighted by Crippen LogP contribution is -2.23. The van der Waals surface area contributed by atoms with E-state index in [2.05, 4.69) is 18.8 Å². The predicted molar refractivity (Wildman–Crippen MR) is 114 cm³/mol. The van der Waals surface area contributed by atoms with Crippen LogP contribution in [0.5, 0.6) is 5.75 Å². The first-order valence-corrected chi connectivity index (χ1v) is 9.84. The molecule has 6 heteroatoms. The van der Waals surface area contributed by atoms with Gasteiger partial charge in [-0.05, 0) is 80.1 Å². The SMILES string of the molecule is CCOc1ccc(Cl)cc1/C=C1/SC(=Nc2ccc(C)c(C)c2)N(C)C1=O. The predicted octanol–water partition coefficient (Wildman–Crippen LogP) is 5.59. The van der Waals surface area contributed by atoms with Gasteiger partial charge in [0.25, 0.3) is 5.91 Å². The summed E-state index contributed by atoms with van der Waals surface area (Å²) < 4.78 is 5.64. The van der Waals surface area contributed by atoms with Gasteiger partial charge < -0.3 is 4.74 Å². The molecule has 1 fully saturated rings. The molecule has 1 amide bonds. The molecule has 1 aliphatic heterocycles. The van der Waals surface area contributed by atoms with E-state index in [1.807, 2.05) is 37.3 Å². The second kappa shape index (κ2) is 8.19. The van der Waals surface area contributed by atoms with Gasteiger partial charge in [0.2, 0.25) is 0 Å². The lowest BCUT2D eigenvalue weighted by molar-refractivity contribution is -0.121. The van der Waals surface area contributed by atoms with E-state index < -0.39 is 0 Å². The Hall–Kier alpha value is -2.24. The van der Waals surface area contributed by atoms with Crippen LogP contribution in [-0.4, -0.2) is 29.6 Å². The first-order valence-electron chi connectivity index (χ1n) is 8.65. The van der Waals surface area contributed by atoms with Crippen molar-refractivity contribution >= 4 is 46.2 Å². The second-order valence-corrected chi connectivity index (χ2v) is 7.70. The summed E-state index contributed by atoms with van der Waals surface area (Å²) in [4.78, 5) is 19.5. The van der Waals surface area contributed by atoms with Crippen molar-refractivity contribution in [2.75, 3.05) is 13.7 Å². The third-order valence-electron chi connectivity index (χ3n) is 4.28. The molecule has 0 saturated carbocycles. The summed E-state index contributed by atoms with van der Waals surface area (Å²) in [5.41, 5.74) is 4.00. The Morgan fingerprint density at radius 1 is 1.19 bits per heavy atom. The number of halogens is 1. The Morgan fingerprint density at radius 2 is 1.96 bits per heavy atom. The van der Waals surface area contributed by atoms with Crippen molar-refractivity contribution in [3.8, 4) is 5.75 Å². The van der Waals surface area contributed by atoms with Crippen molar-refractivity contribution in [3.05, 3.63) is 63.0 Å². The van der Waals surface area contributed by atoms with Gasteiger partial charge in [0.1, 0.15) is 5.75 Å². The third kappa shape index (κ3) is 4.37. The van der Waals surface area contributed by atoms with Crippen LogP contribution in [0.3, 0.4) is 0 Å². The van der Waals surface area contributed by atoms with Gasteiger partial charge >= 0.3 is 0 Å². The summed E-state index contributed by atoms with van der Waals surface area (Å²) in [5, 5.41) is 1.24. The maximum absolute atomic E-state index is 12.7. The number of benzene rings is 2. The average Bonchev–Trinajstić information content (AvgIpc) is 2.89. The van der Waals surface area contributed by atoms with Crippen molar-refractivity contribution < 1.29 is 9.53 Å². The molecule has 4 nitrogen and oxygen atoms in total. The van der Waals surface area contributed by atoms with Crippen LogP contribution in [0, 0.1) is 13.8 Å². The first-order chi connectivity index (χ1) is 12.9. The van der Waals surface area contributed by atoms with E-state index in [1.54, 1.807) is 24.1 Å². The summed E-state index contributed by atoms with van der Waals surface area (Å²) >= 11 is 7.47. The molecule has 3 rings (SSSR count). The molecule has 0 N–H and O–H groups in total. The second-order valence-electron chi connectivity index (χ2n) is 6.25. The van der Waals surface area contributed by atoms with Gasteiger partial charge in [-0.15, -0.1) is 0 Å². The number of likely N-dealkylation sites (N-methyl/N-ethyl adjacent to an activating group) is 1. The monoisotopic (exact) mass is 400 g/mol. The zero-order valence-electron chi connectivity index (χ0n) is 15.7. The fraction of sp³-hybridized carbons (Fsp3) is 0.238. The minimum atomic E-state index is -0.0926. The van der Waals surface area contributed by atoms with E-state index >= 15 is 0 Å². The number of hydrogen-bond acceptors (Lipinski definition) is 4. The minimum Gasteiger partial charge on any atom is -0.493 e. The van der Waals surface area contributed by atoms with Crippen LogP contribution in [0.4, 0.5) is 5.69 Å². The van der Waals surface area contributed by atoms with Crippen molar-refractivity contribution in [2.24, 2.45) is 4.99 Å². The molecule has 0 aromatic heterocycles. The van der Waals surface area contributed by atoms with Crippen molar-refractivity contribution in [3.63, 3.8) is 0 Å². The third-order valence-corrected chi connectivity index (χ3v) is 5.57. The molecule has 0 bridgehead atoms. The molecule has 0 atom stereocenters. The van der Waals surface area contributed by atoms with Gasteiger partial charge in [0.05, 0.1) is 17.2 Å². The molecule has 0 aliphatic carbocycles. The standard InChI is InChI=1S/C21H21ClN2O2S/c1-5-26-18-9-7-16(22)11-15(18)12-19-20(25)24(4)21(27-19)23-17-8-6-13(2)14(3)10-17/h6-12H,5H2,1-4H3/b19-12+,23-21?. The Labute approximate surface area is 168 Å². The first kappa shape index (κ1) is 19.5. The normalized spacial score (nSPS) is 17.2. The number of amidine groups is 1. The summed E-state index contributed by atoms with van der Waals surface area (Å²) in [7, 11) is 1.73. The van der Waals surface area contributed by atoms with E-state index in [1.165, 1.54) is 22.9 Å². The quantitative estimate of drug-likeness (QED) is 0.628. The molecule has 1 heterocycles. The molecule has 2 aromatic rings. The van der Waals surface area contributed by atoms with Crippen LogP contribution in [0.15, 0.2) is 46.3 Å². The van der Waals surface area contributed by atoms with Crippen LogP contribution in [-0.2, 0) is 4.79 Å². The molecule has 1 aliphatic rings. The van der Waals surface area contributed by atoms with Crippen LogP contribution in [0.2, 0.25) is 5.02 Å². The van der Waals surface area contributed by atoms with Crippen LogP contribution in [0.25, 0.3) is 6.08 Å². The fourth-order valence-electron chi connectivity index (χ4n) is 2.62. The Morgan fingerprint density at radius 3 is 2.67 bits per heavy atom. The minimum absolute atomic E-state index is 0.0926. The molecule has 0 radical (unpaired) electrons. The summed E-state index contributed by atoms with van der Waals surface area (Å²) in [5.74, 6) is 0.606. The molecule has 1 saturated heterocycles. The van der Waals surface area contributed by atoms with Gasteiger partial charge in [-0.25, -0.2) is 4.99 Å². The topological polar surface area (TPSA) is 41.9 Å². The molecule has 0 unspecified atom stereocenters. The molecule has 0 spiro atoms. The molecule has 140 valence electrons. The molecule has 27 heavy (non-hydrogen) atoms. The number of rotatable bonds is 4. The maximum atomic E-state index is 12.7. The summed E-state index contributed by atoms with van der Waals surface area (Å²) in [6, 6.07) is 11.4. The number of nitrogens with zero attached hydrogens (tertiary/aromatic N) is 2. The smallest absolute Gasteiger partial charge is 0.266 e. The number of aryl methyl sites for hydroxylation is 2. The van der Waals surface area contributed by atoms with Gasteiger partial charge in [-0.3, -0.25) is 9.69 Å². The van der Waals surface area contributed by atoms with E-state index in [0.717, 1.165) is 11.3 Å². The van der Waals surface area contributed by atoms with Crippen LogP contribution < -0.4 is 4.74 Å². The highest BCUT2D eigenvalue weighted by atomic mass is 35.5. The lowest BCUT2D eigenvalue weighted by atomic mass is 10.1. The highest BCUT2D eigenvalue weighted by Crippen LogP contribution is 2.35.